The van der Waals surface area contributed by atoms with E-state index in [2.05, 4.69) is 19.9 Å². The van der Waals surface area contributed by atoms with E-state index in [9.17, 15) is 13.6 Å². The molecule has 2 aromatic heterocycles. The number of rotatable bonds is 4. The van der Waals surface area contributed by atoms with E-state index in [1.54, 1.807) is 24.3 Å². The summed E-state index contributed by atoms with van der Waals surface area (Å²) >= 11 is 0. The quantitative estimate of drug-likeness (QED) is 0.655. The van der Waals surface area contributed by atoms with Crippen LogP contribution in [-0.4, -0.2) is 39.1 Å². The molecule has 1 fully saturated rings. The number of para-hydroxylation sites is 1. The van der Waals surface area contributed by atoms with Crippen LogP contribution in [0, 0.1) is 0 Å². The number of nitrogens with zero attached hydrogens (tertiary/aromatic N) is 5. The first-order chi connectivity index (χ1) is 14.6. The highest BCUT2D eigenvalue weighted by Gasteiger charge is 2.34. The molecule has 7 nitrogen and oxygen atoms in total. The van der Waals surface area contributed by atoms with E-state index in [-0.39, 0.29) is 6.04 Å². The van der Waals surface area contributed by atoms with Crippen molar-refractivity contribution in [1.29, 1.82) is 0 Å². The lowest BCUT2D eigenvalue weighted by Crippen LogP contribution is -2.34. The summed E-state index contributed by atoms with van der Waals surface area (Å²) in [6.07, 6.45) is 1.15. The minimum atomic E-state index is -2.65. The van der Waals surface area contributed by atoms with Crippen molar-refractivity contribution in [1.82, 2.24) is 19.5 Å². The minimum Gasteiger partial charge on any atom is -0.376 e. The summed E-state index contributed by atoms with van der Waals surface area (Å²) in [6, 6.07) is 6.56. The second-order valence-corrected chi connectivity index (χ2v) is 7.57. The first-order valence-corrected chi connectivity index (χ1v) is 10.1. The molecule has 1 saturated heterocycles. The fraction of sp³-hybridized carbons (Fsp3) is 0.429. The molecule has 1 unspecified atom stereocenters. The number of aromatic nitrogens is 4. The zero-order valence-corrected chi connectivity index (χ0v) is 16.3. The van der Waals surface area contributed by atoms with E-state index in [0.717, 1.165) is 28.1 Å². The van der Waals surface area contributed by atoms with E-state index < -0.39 is 18.5 Å². The van der Waals surface area contributed by atoms with Crippen LogP contribution in [0.2, 0.25) is 0 Å². The van der Waals surface area contributed by atoms with Gasteiger partial charge in [-0.3, -0.25) is 9.36 Å². The number of hydrogen-bond acceptors (Lipinski definition) is 6. The molecule has 0 bridgehead atoms. The van der Waals surface area contributed by atoms with Crippen molar-refractivity contribution < 1.29 is 13.5 Å². The standard InChI is InChI=1S/C21H21F2N5O2/c22-18(23)10-28-20(26-16-5-2-1-4-13(16)21(28)29)17-6-3-8-27(17)19-14-11-30-9-7-15(14)24-12-25-19/h1-2,4-5,12,17-18H,3,6-11H2. The van der Waals surface area contributed by atoms with Crippen molar-refractivity contribution in [3.63, 3.8) is 0 Å². The molecule has 0 radical (unpaired) electrons. The predicted octanol–water partition coefficient (Wildman–Crippen LogP) is 2.87. The minimum absolute atomic E-state index is 0.318. The van der Waals surface area contributed by atoms with Gasteiger partial charge in [0.25, 0.3) is 12.0 Å². The molecule has 1 aromatic carbocycles. The number of halogens is 2. The van der Waals surface area contributed by atoms with E-state index in [1.165, 1.54) is 6.33 Å². The highest BCUT2D eigenvalue weighted by Crippen LogP contribution is 2.37. The van der Waals surface area contributed by atoms with Crippen LogP contribution in [0.5, 0.6) is 0 Å². The van der Waals surface area contributed by atoms with Crippen LogP contribution in [0.4, 0.5) is 14.6 Å². The van der Waals surface area contributed by atoms with E-state index in [1.807, 2.05) is 0 Å². The van der Waals surface area contributed by atoms with Gasteiger partial charge >= 0.3 is 0 Å². The van der Waals surface area contributed by atoms with Crippen LogP contribution >= 0.6 is 0 Å². The fourth-order valence-corrected chi connectivity index (χ4v) is 4.43. The number of ether oxygens (including phenoxy) is 1. The molecule has 4 heterocycles. The van der Waals surface area contributed by atoms with E-state index in [0.29, 0.717) is 49.3 Å². The molecule has 0 N–H and O–H groups in total. The van der Waals surface area contributed by atoms with Gasteiger partial charge in [0.05, 0.1) is 42.4 Å². The summed E-state index contributed by atoms with van der Waals surface area (Å²) in [7, 11) is 0. The summed E-state index contributed by atoms with van der Waals surface area (Å²) in [5.74, 6) is 1.11. The Morgan fingerprint density at radius 2 is 2.10 bits per heavy atom. The second-order valence-electron chi connectivity index (χ2n) is 7.57. The number of fused-ring (bicyclic) bond motifs is 2. The van der Waals surface area contributed by atoms with Crippen LogP contribution in [-0.2, 0) is 24.3 Å². The van der Waals surface area contributed by atoms with Gasteiger partial charge in [0.1, 0.15) is 18.0 Å². The van der Waals surface area contributed by atoms with Gasteiger partial charge in [0.15, 0.2) is 0 Å². The SMILES string of the molecule is O=c1c2ccccc2nc(C2CCCN2c2ncnc3c2COCC3)n1CC(F)F. The zero-order valence-electron chi connectivity index (χ0n) is 16.3. The molecule has 0 amide bonds. The van der Waals surface area contributed by atoms with Gasteiger partial charge in [-0.05, 0) is 25.0 Å². The molecule has 30 heavy (non-hydrogen) atoms. The van der Waals surface area contributed by atoms with Gasteiger partial charge in [-0.1, -0.05) is 12.1 Å². The first-order valence-electron chi connectivity index (χ1n) is 10.1. The van der Waals surface area contributed by atoms with Crippen molar-refractivity contribution in [2.75, 3.05) is 18.1 Å². The smallest absolute Gasteiger partial charge is 0.261 e. The Morgan fingerprint density at radius 1 is 1.23 bits per heavy atom. The third kappa shape index (κ3) is 3.23. The highest BCUT2D eigenvalue weighted by molar-refractivity contribution is 5.77. The Balaban J connectivity index is 1.65. The lowest BCUT2D eigenvalue weighted by Gasteiger charge is -2.30. The number of anilines is 1. The summed E-state index contributed by atoms with van der Waals surface area (Å²) in [5.41, 5.74) is 1.96. The van der Waals surface area contributed by atoms with Crippen LogP contribution in [0.15, 0.2) is 35.4 Å². The second kappa shape index (κ2) is 7.71. The molecule has 0 spiro atoms. The summed E-state index contributed by atoms with van der Waals surface area (Å²) < 4.78 is 33.5. The lowest BCUT2D eigenvalue weighted by molar-refractivity contribution is 0.109. The molecule has 3 aromatic rings. The maximum atomic E-state index is 13.4. The first kappa shape index (κ1) is 19.0. The Labute approximate surface area is 171 Å². The Hall–Kier alpha value is -2.94. The average molecular weight is 413 g/mol. The molecular formula is C21H21F2N5O2. The van der Waals surface area contributed by atoms with Crippen molar-refractivity contribution in [2.45, 2.75) is 44.9 Å². The summed E-state index contributed by atoms with van der Waals surface area (Å²) in [5, 5.41) is 0.347. The highest BCUT2D eigenvalue weighted by atomic mass is 19.3. The van der Waals surface area contributed by atoms with Crippen molar-refractivity contribution in [3.8, 4) is 0 Å². The summed E-state index contributed by atoms with van der Waals surface area (Å²) in [4.78, 5) is 28.6. The molecule has 1 atom stereocenters. The van der Waals surface area contributed by atoms with Crippen LogP contribution in [0.3, 0.4) is 0 Å². The van der Waals surface area contributed by atoms with E-state index in [4.69, 9.17) is 4.74 Å². The van der Waals surface area contributed by atoms with Gasteiger partial charge in [0.2, 0.25) is 0 Å². The molecule has 0 aliphatic carbocycles. The molecule has 156 valence electrons. The van der Waals surface area contributed by atoms with Gasteiger partial charge in [-0.25, -0.2) is 23.7 Å². The molecule has 2 aliphatic heterocycles. The zero-order chi connectivity index (χ0) is 20.7. The number of benzene rings is 1. The fourth-order valence-electron chi connectivity index (χ4n) is 4.43. The Morgan fingerprint density at radius 3 is 2.97 bits per heavy atom. The normalized spacial score (nSPS) is 18.9. The molecular weight excluding hydrogens is 392 g/mol. The van der Waals surface area contributed by atoms with Crippen molar-refractivity contribution >= 4 is 16.7 Å². The van der Waals surface area contributed by atoms with Gasteiger partial charge in [-0.15, -0.1) is 0 Å². The maximum Gasteiger partial charge on any atom is 0.261 e. The third-order valence-corrected chi connectivity index (χ3v) is 5.78. The van der Waals surface area contributed by atoms with Crippen LogP contribution in [0.25, 0.3) is 10.9 Å². The van der Waals surface area contributed by atoms with E-state index >= 15 is 0 Å². The Bertz CT molecular complexity index is 1150. The third-order valence-electron chi connectivity index (χ3n) is 5.78. The van der Waals surface area contributed by atoms with Gasteiger partial charge in [-0.2, -0.15) is 0 Å². The average Bonchev–Trinajstić information content (AvgIpc) is 3.24. The maximum absolute atomic E-state index is 13.4. The van der Waals surface area contributed by atoms with Crippen LogP contribution < -0.4 is 10.5 Å². The molecule has 0 saturated carbocycles. The van der Waals surface area contributed by atoms with Crippen LogP contribution in [0.1, 0.15) is 36.0 Å². The molecule has 2 aliphatic rings. The predicted molar refractivity (Wildman–Crippen MR) is 107 cm³/mol. The van der Waals surface area contributed by atoms with Crippen molar-refractivity contribution in [3.05, 3.63) is 58.0 Å². The number of hydrogen-bond donors (Lipinski definition) is 0. The molecule has 5 rings (SSSR count). The summed E-state index contributed by atoms with van der Waals surface area (Å²) in [6.45, 7) is 1.06. The monoisotopic (exact) mass is 413 g/mol. The number of alkyl halides is 2. The largest absolute Gasteiger partial charge is 0.376 e. The molecule has 9 heteroatoms. The lowest BCUT2D eigenvalue weighted by atomic mass is 10.1. The topological polar surface area (TPSA) is 73.1 Å². The van der Waals surface area contributed by atoms with Crippen molar-refractivity contribution in [2.24, 2.45) is 0 Å². The van der Waals surface area contributed by atoms with Gasteiger partial charge in [0, 0.05) is 18.5 Å². The Kier molecular flexibility index (Phi) is 4.90. The van der Waals surface area contributed by atoms with Gasteiger partial charge < -0.3 is 9.64 Å².